The van der Waals surface area contributed by atoms with E-state index < -0.39 is 8.07 Å². The second-order valence-corrected chi connectivity index (χ2v) is 10.9. The molecule has 25 heavy (non-hydrogen) atoms. The molecular weight excluding hydrogens is 318 g/mol. The van der Waals surface area contributed by atoms with E-state index in [0.717, 1.165) is 0 Å². The number of hydrogen-bond donors (Lipinski definition) is 0. The van der Waals surface area contributed by atoms with Gasteiger partial charge < -0.3 is 0 Å². The normalized spacial score (nSPS) is 15.2. The minimum atomic E-state index is -1.95. The van der Waals surface area contributed by atoms with Crippen molar-refractivity contribution in [2.75, 3.05) is 0 Å². The van der Waals surface area contributed by atoms with E-state index in [9.17, 15) is 0 Å². The van der Waals surface area contributed by atoms with E-state index in [-0.39, 0.29) is 0 Å². The van der Waals surface area contributed by atoms with Crippen molar-refractivity contribution in [2.24, 2.45) is 0 Å². The van der Waals surface area contributed by atoms with E-state index in [4.69, 9.17) is 0 Å². The Bertz CT molecular complexity index is 1000. The average molecular weight is 337 g/mol. The molecule has 120 valence electrons. The van der Waals surface area contributed by atoms with Gasteiger partial charge in [-0.15, -0.1) is 0 Å². The maximum absolute atomic E-state index is 4.35. The predicted octanol–water partition coefficient (Wildman–Crippen LogP) is 3.26. The van der Waals surface area contributed by atoms with Crippen LogP contribution in [0.1, 0.15) is 5.56 Å². The van der Waals surface area contributed by atoms with Crippen LogP contribution in [0, 0.1) is 0 Å². The van der Waals surface area contributed by atoms with Crippen molar-refractivity contribution in [3.63, 3.8) is 0 Å². The highest BCUT2D eigenvalue weighted by Crippen LogP contribution is 2.27. The van der Waals surface area contributed by atoms with Crippen LogP contribution < -0.4 is 15.6 Å². The monoisotopic (exact) mass is 337 g/mol. The first-order valence-electron chi connectivity index (χ1n) is 8.86. The lowest BCUT2D eigenvalue weighted by molar-refractivity contribution is 1.17. The molecule has 0 unspecified atom stereocenters. The third-order valence-electron chi connectivity index (χ3n) is 5.62. The molecule has 1 aliphatic heterocycles. The molecule has 0 spiro atoms. The molecule has 5 rings (SSSR count). The highest BCUT2D eigenvalue weighted by molar-refractivity contribution is 7.12. The minimum Gasteiger partial charge on any atom is -0.264 e. The van der Waals surface area contributed by atoms with Crippen LogP contribution in [0.3, 0.4) is 0 Å². The fraction of sp³-hybridized carbons (Fsp3) is 0.0870. The molecule has 0 saturated carbocycles. The number of fused-ring (bicyclic) bond motifs is 2. The van der Waals surface area contributed by atoms with Gasteiger partial charge in [0, 0.05) is 12.4 Å². The van der Waals surface area contributed by atoms with Crippen molar-refractivity contribution in [1.29, 1.82) is 0 Å². The third kappa shape index (κ3) is 2.18. The molecule has 0 atom stereocenters. The van der Waals surface area contributed by atoms with Crippen LogP contribution in [-0.2, 0) is 6.42 Å². The number of rotatable bonds is 2. The molecule has 3 aromatic carbocycles. The van der Waals surface area contributed by atoms with Gasteiger partial charge in [0.1, 0.15) is 8.07 Å². The summed E-state index contributed by atoms with van der Waals surface area (Å²) in [6.45, 7) is 0. The zero-order valence-electron chi connectivity index (χ0n) is 14.0. The summed E-state index contributed by atoms with van der Waals surface area (Å²) in [4.78, 5) is 4.35. The fourth-order valence-corrected chi connectivity index (χ4v) is 9.57. The van der Waals surface area contributed by atoms with Crippen LogP contribution >= 0.6 is 0 Å². The minimum absolute atomic E-state index is 1.17. The number of nitrogens with zero attached hydrogens (tertiary/aromatic N) is 1. The average Bonchev–Trinajstić information content (AvgIpc) is 3.07. The van der Waals surface area contributed by atoms with Crippen LogP contribution in [0.5, 0.6) is 0 Å². The molecular formula is C23H19NSi. The summed E-state index contributed by atoms with van der Waals surface area (Å²) in [6, 6.07) is 30.5. The third-order valence-corrected chi connectivity index (χ3v) is 10.6. The first-order valence-corrected chi connectivity index (χ1v) is 11.1. The summed E-state index contributed by atoms with van der Waals surface area (Å²) in [5.41, 5.74) is 1.53. The zero-order valence-corrected chi connectivity index (χ0v) is 15.0. The number of pyridine rings is 1. The Morgan fingerprint density at radius 3 is 2.08 bits per heavy atom. The van der Waals surface area contributed by atoms with E-state index in [0.29, 0.717) is 0 Å². The molecule has 0 radical (unpaired) electrons. The Labute approximate surface area is 149 Å². The number of aromatic nitrogens is 1. The second kappa shape index (κ2) is 5.68. The quantitative estimate of drug-likeness (QED) is 0.512. The first kappa shape index (κ1) is 14.6. The molecule has 0 fully saturated rings. The standard InChI is InChI=1S/C23H19NSi/c1-3-7-21(8-4-1)25(22-9-5-2-6-10-22)14-12-19-15-18-11-13-24-17-20(18)16-23(19)25/h1-11,13,15-17H,12,14H2. The largest absolute Gasteiger partial charge is 0.264 e. The van der Waals surface area contributed by atoms with Gasteiger partial charge in [0.2, 0.25) is 0 Å². The van der Waals surface area contributed by atoms with Crippen molar-refractivity contribution in [1.82, 2.24) is 4.98 Å². The van der Waals surface area contributed by atoms with Crippen molar-refractivity contribution < 1.29 is 0 Å². The molecule has 1 aromatic heterocycles. The molecule has 1 nitrogen and oxygen atoms in total. The van der Waals surface area contributed by atoms with Crippen LogP contribution in [0.25, 0.3) is 10.8 Å². The molecule has 2 heterocycles. The van der Waals surface area contributed by atoms with Crippen LogP contribution in [0.2, 0.25) is 6.04 Å². The Balaban J connectivity index is 1.84. The number of aryl methyl sites for hydroxylation is 1. The predicted molar refractivity (Wildman–Crippen MR) is 108 cm³/mol. The summed E-state index contributed by atoms with van der Waals surface area (Å²) in [5.74, 6) is 0. The molecule has 1 aliphatic rings. The topological polar surface area (TPSA) is 12.9 Å². The molecule has 0 N–H and O–H groups in total. The summed E-state index contributed by atoms with van der Waals surface area (Å²) in [5, 5.41) is 7.17. The van der Waals surface area contributed by atoms with E-state index in [2.05, 4.69) is 83.8 Å². The smallest absolute Gasteiger partial charge is 0.149 e. The molecule has 0 saturated heterocycles. The SMILES string of the molecule is c1ccc([Si]2(c3ccccc3)CCc3cc4ccncc4cc32)cc1. The van der Waals surface area contributed by atoms with E-state index in [1.807, 2.05) is 12.4 Å². The fourth-order valence-electron chi connectivity index (χ4n) is 4.46. The Kier molecular flexibility index (Phi) is 3.32. The Morgan fingerprint density at radius 1 is 0.720 bits per heavy atom. The molecule has 0 aliphatic carbocycles. The maximum atomic E-state index is 4.35. The van der Waals surface area contributed by atoms with Gasteiger partial charge in [0.15, 0.2) is 0 Å². The first-order chi connectivity index (χ1) is 12.4. The van der Waals surface area contributed by atoms with Gasteiger partial charge in [-0.2, -0.15) is 0 Å². The lowest BCUT2D eigenvalue weighted by atomic mass is 10.1. The summed E-state index contributed by atoms with van der Waals surface area (Å²) >= 11 is 0. The zero-order chi connectivity index (χ0) is 16.7. The van der Waals surface area contributed by atoms with Crippen molar-refractivity contribution in [3.05, 3.63) is 96.8 Å². The van der Waals surface area contributed by atoms with Gasteiger partial charge in [-0.25, -0.2) is 0 Å². The van der Waals surface area contributed by atoms with Gasteiger partial charge in [-0.3, -0.25) is 4.98 Å². The Morgan fingerprint density at radius 2 is 1.40 bits per heavy atom. The lowest BCUT2D eigenvalue weighted by Crippen LogP contribution is -2.65. The molecule has 4 aromatic rings. The highest BCUT2D eigenvalue weighted by Gasteiger charge is 2.44. The summed E-state index contributed by atoms with van der Waals surface area (Å²) in [6.07, 6.45) is 5.06. The molecule has 2 heteroatoms. The van der Waals surface area contributed by atoms with E-state index >= 15 is 0 Å². The van der Waals surface area contributed by atoms with Crippen LogP contribution in [-0.4, -0.2) is 13.1 Å². The van der Waals surface area contributed by atoms with Gasteiger partial charge in [0.25, 0.3) is 0 Å². The maximum Gasteiger partial charge on any atom is 0.149 e. The van der Waals surface area contributed by atoms with Crippen molar-refractivity contribution in [2.45, 2.75) is 12.5 Å². The highest BCUT2D eigenvalue weighted by atomic mass is 28.3. The molecule has 0 bridgehead atoms. The molecule has 0 amide bonds. The van der Waals surface area contributed by atoms with Gasteiger partial charge >= 0.3 is 0 Å². The number of hydrogen-bond acceptors (Lipinski definition) is 1. The van der Waals surface area contributed by atoms with Crippen molar-refractivity contribution >= 4 is 34.4 Å². The van der Waals surface area contributed by atoms with Gasteiger partial charge in [0.05, 0.1) is 0 Å². The van der Waals surface area contributed by atoms with Gasteiger partial charge in [-0.05, 0) is 50.4 Å². The summed E-state index contributed by atoms with van der Waals surface area (Å²) in [7, 11) is -1.95. The van der Waals surface area contributed by atoms with Crippen LogP contribution in [0.15, 0.2) is 91.3 Å². The van der Waals surface area contributed by atoms with Gasteiger partial charge in [-0.1, -0.05) is 72.8 Å². The summed E-state index contributed by atoms with van der Waals surface area (Å²) < 4.78 is 0. The number of benzene rings is 3. The van der Waals surface area contributed by atoms with E-state index in [1.165, 1.54) is 39.2 Å². The van der Waals surface area contributed by atoms with Crippen molar-refractivity contribution in [3.8, 4) is 0 Å². The van der Waals surface area contributed by atoms with E-state index in [1.54, 1.807) is 5.19 Å². The van der Waals surface area contributed by atoms with Crippen LogP contribution in [0.4, 0.5) is 0 Å². The lowest BCUT2D eigenvalue weighted by Gasteiger charge is -2.30. The Hall–Kier alpha value is -2.71. The second-order valence-electron chi connectivity index (χ2n) is 6.87.